The first-order valence-corrected chi connectivity index (χ1v) is 6.23. The second-order valence-corrected chi connectivity index (χ2v) is 4.11. The van der Waals surface area contributed by atoms with Gasteiger partial charge in [0.25, 0.3) is 5.91 Å². The van der Waals surface area contributed by atoms with Gasteiger partial charge in [-0.25, -0.2) is 0 Å². The highest BCUT2D eigenvalue weighted by Gasteiger charge is 2.19. The smallest absolute Gasteiger partial charge is 0.256 e. The largest absolute Gasteiger partial charge is 0.495 e. The van der Waals surface area contributed by atoms with Gasteiger partial charge in [-0.15, -0.1) is 0 Å². The van der Waals surface area contributed by atoms with Crippen molar-refractivity contribution in [3.8, 4) is 11.8 Å². The van der Waals surface area contributed by atoms with E-state index >= 15 is 0 Å². The maximum Gasteiger partial charge on any atom is 0.256 e. The van der Waals surface area contributed by atoms with Crippen molar-refractivity contribution in [1.82, 2.24) is 4.90 Å². The lowest BCUT2D eigenvalue weighted by molar-refractivity contribution is 0.0700. The predicted molar refractivity (Wildman–Crippen MR) is 75.4 cm³/mol. The van der Waals surface area contributed by atoms with Gasteiger partial charge in [0, 0.05) is 20.2 Å². The van der Waals surface area contributed by atoms with Gasteiger partial charge in [0.15, 0.2) is 0 Å². The summed E-state index contributed by atoms with van der Waals surface area (Å²) >= 11 is 0. The summed E-state index contributed by atoms with van der Waals surface area (Å²) in [5.41, 5.74) is 6.60. The number of nitrogens with zero attached hydrogens (tertiary/aromatic N) is 2. The molecule has 0 fully saturated rings. The fourth-order valence-electron chi connectivity index (χ4n) is 1.78. The van der Waals surface area contributed by atoms with Gasteiger partial charge in [-0.2, -0.15) is 5.26 Å². The van der Waals surface area contributed by atoms with Crippen LogP contribution in [-0.4, -0.2) is 44.7 Å². The fourth-order valence-corrected chi connectivity index (χ4v) is 1.78. The Hall–Kier alpha value is -2.26. The van der Waals surface area contributed by atoms with E-state index in [2.05, 4.69) is 0 Å². The molecule has 20 heavy (non-hydrogen) atoms. The van der Waals surface area contributed by atoms with Crippen LogP contribution in [0.5, 0.6) is 5.75 Å². The highest BCUT2D eigenvalue weighted by molar-refractivity contribution is 6.00. The molecule has 0 aliphatic carbocycles. The SMILES string of the molecule is COCCN(CCC#N)C(=O)c1cccc(OC)c1N. The molecule has 0 saturated carbocycles. The molecule has 1 aromatic rings. The number of ether oxygens (including phenoxy) is 2. The molecule has 0 aliphatic rings. The highest BCUT2D eigenvalue weighted by Crippen LogP contribution is 2.25. The Balaban J connectivity index is 2.96. The number of hydrogen-bond donors (Lipinski definition) is 1. The summed E-state index contributed by atoms with van der Waals surface area (Å²) in [4.78, 5) is 14.0. The Morgan fingerprint density at radius 2 is 2.15 bits per heavy atom. The lowest BCUT2D eigenvalue weighted by atomic mass is 10.1. The van der Waals surface area contributed by atoms with Crippen LogP contribution in [-0.2, 0) is 4.74 Å². The number of carbonyl (C=O) groups excluding carboxylic acids is 1. The molecule has 108 valence electrons. The lowest BCUT2D eigenvalue weighted by Gasteiger charge is -2.22. The molecule has 1 amide bonds. The molecule has 0 saturated heterocycles. The van der Waals surface area contributed by atoms with E-state index in [9.17, 15) is 4.79 Å². The van der Waals surface area contributed by atoms with Crippen LogP contribution in [0.1, 0.15) is 16.8 Å². The van der Waals surface area contributed by atoms with Crippen LogP contribution in [0.15, 0.2) is 18.2 Å². The molecule has 0 heterocycles. The Kier molecular flexibility index (Phi) is 6.33. The van der Waals surface area contributed by atoms with E-state index < -0.39 is 0 Å². The first kappa shape index (κ1) is 15.8. The van der Waals surface area contributed by atoms with Gasteiger partial charge >= 0.3 is 0 Å². The van der Waals surface area contributed by atoms with Crippen molar-refractivity contribution in [1.29, 1.82) is 5.26 Å². The normalized spacial score (nSPS) is 9.85. The maximum atomic E-state index is 12.5. The van der Waals surface area contributed by atoms with Crippen LogP contribution in [0.25, 0.3) is 0 Å². The van der Waals surface area contributed by atoms with E-state index in [0.717, 1.165) is 0 Å². The van der Waals surface area contributed by atoms with Crippen molar-refractivity contribution in [2.75, 3.05) is 39.6 Å². The summed E-state index contributed by atoms with van der Waals surface area (Å²) < 4.78 is 10.1. The Morgan fingerprint density at radius 3 is 2.75 bits per heavy atom. The zero-order valence-corrected chi connectivity index (χ0v) is 11.8. The molecule has 0 aromatic heterocycles. The number of benzene rings is 1. The maximum absolute atomic E-state index is 12.5. The number of carbonyl (C=O) groups is 1. The van der Waals surface area contributed by atoms with Crippen LogP contribution >= 0.6 is 0 Å². The quantitative estimate of drug-likeness (QED) is 0.758. The molecule has 0 atom stereocenters. The van der Waals surface area contributed by atoms with Gasteiger partial charge < -0.3 is 20.1 Å². The van der Waals surface area contributed by atoms with Crippen LogP contribution in [0, 0.1) is 11.3 Å². The minimum atomic E-state index is -0.228. The van der Waals surface area contributed by atoms with Gasteiger partial charge in [0.2, 0.25) is 0 Å². The number of methoxy groups -OCH3 is 2. The average molecular weight is 277 g/mol. The third-order valence-electron chi connectivity index (χ3n) is 2.86. The Labute approximate surface area is 118 Å². The number of anilines is 1. The molecule has 1 rings (SSSR count). The van der Waals surface area contributed by atoms with Crippen molar-refractivity contribution < 1.29 is 14.3 Å². The van der Waals surface area contributed by atoms with E-state index in [1.807, 2.05) is 6.07 Å². The number of nitrogens with two attached hydrogens (primary N) is 1. The van der Waals surface area contributed by atoms with Crippen LogP contribution in [0.4, 0.5) is 5.69 Å². The number of para-hydroxylation sites is 1. The summed E-state index contributed by atoms with van der Waals surface area (Å²) in [6, 6.07) is 7.08. The fraction of sp³-hybridized carbons (Fsp3) is 0.429. The van der Waals surface area contributed by atoms with Crippen LogP contribution in [0.3, 0.4) is 0 Å². The molecule has 6 nitrogen and oxygen atoms in total. The molecule has 6 heteroatoms. The third kappa shape index (κ3) is 3.87. The summed E-state index contributed by atoms with van der Waals surface area (Å²) in [5, 5.41) is 8.67. The zero-order valence-electron chi connectivity index (χ0n) is 11.8. The molecule has 2 N–H and O–H groups in total. The highest BCUT2D eigenvalue weighted by atomic mass is 16.5. The molecule has 0 aliphatic heterocycles. The predicted octanol–water partition coefficient (Wildman–Crippen LogP) is 1.28. The molecule has 0 spiro atoms. The summed E-state index contributed by atoms with van der Waals surface area (Å²) in [6.07, 6.45) is 0.263. The molecule has 0 unspecified atom stereocenters. The number of nitriles is 1. The van der Waals surface area contributed by atoms with Crippen molar-refractivity contribution in [2.24, 2.45) is 0 Å². The number of hydrogen-bond acceptors (Lipinski definition) is 5. The number of nitrogen functional groups attached to an aromatic ring is 1. The van der Waals surface area contributed by atoms with Crippen molar-refractivity contribution in [3.05, 3.63) is 23.8 Å². The Bertz CT molecular complexity index is 497. The molecular weight excluding hydrogens is 258 g/mol. The second-order valence-electron chi connectivity index (χ2n) is 4.11. The first-order chi connectivity index (χ1) is 9.65. The number of rotatable bonds is 7. The zero-order chi connectivity index (χ0) is 15.0. The van der Waals surface area contributed by atoms with E-state index in [-0.39, 0.29) is 12.3 Å². The summed E-state index contributed by atoms with van der Waals surface area (Å²) in [6.45, 7) is 1.16. The number of amides is 1. The van der Waals surface area contributed by atoms with Gasteiger partial charge in [-0.05, 0) is 12.1 Å². The van der Waals surface area contributed by atoms with Gasteiger partial charge in [-0.3, -0.25) is 4.79 Å². The summed E-state index contributed by atoms with van der Waals surface area (Å²) in [7, 11) is 3.06. The van der Waals surface area contributed by atoms with Crippen molar-refractivity contribution in [2.45, 2.75) is 6.42 Å². The topological polar surface area (TPSA) is 88.6 Å². The molecule has 0 radical (unpaired) electrons. The standard InChI is InChI=1S/C14H19N3O3/c1-19-10-9-17(8-4-7-15)14(18)11-5-3-6-12(20-2)13(11)16/h3,5-6H,4,8-10,16H2,1-2H3. The average Bonchev–Trinajstić information content (AvgIpc) is 2.47. The van der Waals surface area contributed by atoms with Gasteiger partial charge in [0.1, 0.15) is 5.75 Å². The van der Waals surface area contributed by atoms with Crippen LogP contribution in [0.2, 0.25) is 0 Å². The summed E-state index contributed by atoms with van der Waals surface area (Å²) in [5.74, 6) is 0.233. The van der Waals surface area contributed by atoms with E-state index in [0.29, 0.717) is 36.7 Å². The monoisotopic (exact) mass is 277 g/mol. The molecule has 0 bridgehead atoms. The van der Waals surface area contributed by atoms with E-state index in [4.69, 9.17) is 20.5 Å². The minimum Gasteiger partial charge on any atom is -0.495 e. The van der Waals surface area contributed by atoms with E-state index in [1.54, 1.807) is 30.2 Å². The van der Waals surface area contributed by atoms with Gasteiger partial charge in [-0.1, -0.05) is 6.07 Å². The van der Waals surface area contributed by atoms with E-state index in [1.165, 1.54) is 7.11 Å². The first-order valence-electron chi connectivity index (χ1n) is 6.23. The second kappa shape index (κ2) is 8.02. The van der Waals surface area contributed by atoms with Gasteiger partial charge in [0.05, 0.1) is 37.5 Å². The minimum absolute atomic E-state index is 0.228. The molecular formula is C14H19N3O3. The Morgan fingerprint density at radius 1 is 1.40 bits per heavy atom. The lowest BCUT2D eigenvalue weighted by Crippen LogP contribution is -2.35. The molecule has 1 aromatic carbocycles. The van der Waals surface area contributed by atoms with Crippen molar-refractivity contribution in [3.63, 3.8) is 0 Å². The van der Waals surface area contributed by atoms with Crippen LogP contribution < -0.4 is 10.5 Å². The van der Waals surface area contributed by atoms with Crippen molar-refractivity contribution >= 4 is 11.6 Å². The third-order valence-corrected chi connectivity index (χ3v) is 2.86.